The molecule has 2 fully saturated rings. The van der Waals surface area contributed by atoms with E-state index in [1.54, 1.807) is 0 Å². The molecule has 1 heterocycles. The van der Waals surface area contributed by atoms with Crippen LogP contribution in [0.15, 0.2) is 0 Å². The van der Waals surface area contributed by atoms with Gasteiger partial charge >= 0.3 is 0 Å². The molecule has 19 heavy (non-hydrogen) atoms. The van der Waals surface area contributed by atoms with Crippen molar-refractivity contribution in [1.29, 1.82) is 0 Å². The lowest BCUT2D eigenvalue weighted by molar-refractivity contribution is 0.266. The number of nitrogens with one attached hydrogen (secondary N) is 1. The van der Waals surface area contributed by atoms with Crippen LogP contribution in [0.2, 0.25) is 0 Å². The van der Waals surface area contributed by atoms with E-state index in [-0.39, 0.29) is 0 Å². The number of unbranched alkanes of at least 4 members (excludes halogenated alkanes) is 2. The molecule has 1 saturated heterocycles. The number of likely N-dealkylation sites (tertiary alicyclic amines) is 1. The van der Waals surface area contributed by atoms with E-state index in [4.69, 9.17) is 0 Å². The Balaban J connectivity index is 1.48. The van der Waals surface area contributed by atoms with Gasteiger partial charge in [-0.1, -0.05) is 20.3 Å². The molecule has 0 aromatic carbocycles. The topological polar surface area (TPSA) is 15.3 Å². The summed E-state index contributed by atoms with van der Waals surface area (Å²) >= 11 is 0. The summed E-state index contributed by atoms with van der Waals surface area (Å²) in [6.45, 7) is 10.1. The first kappa shape index (κ1) is 15.3. The molecule has 0 bridgehead atoms. The van der Waals surface area contributed by atoms with Gasteiger partial charge in [0.2, 0.25) is 0 Å². The minimum atomic E-state index is 0.883. The fourth-order valence-corrected chi connectivity index (χ4v) is 3.30. The third kappa shape index (κ3) is 6.27. The zero-order valence-corrected chi connectivity index (χ0v) is 13.2. The lowest BCUT2D eigenvalue weighted by Crippen LogP contribution is -2.26. The molecule has 1 atom stereocenters. The lowest BCUT2D eigenvalue weighted by Gasteiger charge is -2.21. The molecule has 1 N–H and O–H groups in total. The molecule has 1 aliphatic heterocycles. The molecule has 0 spiro atoms. The molecular formula is C17H34N2. The standard InChI is InChI=1S/C17H34N2/c1-15(2)16-7-6-13-19(14-10-16)12-5-3-4-11-18-17-8-9-17/h15-18H,3-14H2,1-2H3. The van der Waals surface area contributed by atoms with E-state index < -0.39 is 0 Å². The second-order valence-electron chi connectivity index (χ2n) is 7.07. The minimum Gasteiger partial charge on any atom is -0.314 e. The predicted molar refractivity (Wildman–Crippen MR) is 83.5 cm³/mol. The van der Waals surface area contributed by atoms with Gasteiger partial charge in [-0.05, 0) is 83.0 Å². The monoisotopic (exact) mass is 266 g/mol. The average Bonchev–Trinajstić information content (AvgIpc) is 3.20. The Hall–Kier alpha value is -0.0800. The van der Waals surface area contributed by atoms with Crippen molar-refractivity contribution in [1.82, 2.24) is 10.2 Å². The first-order valence-electron chi connectivity index (χ1n) is 8.71. The summed E-state index contributed by atoms with van der Waals surface area (Å²) in [7, 11) is 0. The Morgan fingerprint density at radius 2 is 1.84 bits per heavy atom. The van der Waals surface area contributed by atoms with Crippen LogP contribution in [-0.4, -0.2) is 37.1 Å². The Bertz CT molecular complexity index is 235. The van der Waals surface area contributed by atoms with Gasteiger partial charge in [-0.15, -0.1) is 0 Å². The zero-order chi connectivity index (χ0) is 13.5. The van der Waals surface area contributed by atoms with E-state index in [0.29, 0.717) is 0 Å². The van der Waals surface area contributed by atoms with E-state index in [0.717, 1.165) is 17.9 Å². The zero-order valence-electron chi connectivity index (χ0n) is 13.2. The highest BCUT2D eigenvalue weighted by Crippen LogP contribution is 2.24. The van der Waals surface area contributed by atoms with Crippen molar-refractivity contribution in [2.45, 2.75) is 71.3 Å². The van der Waals surface area contributed by atoms with Crippen molar-refractivity contribution in [3.05, 3.63) is 0 Å². The number of nitrogens with zero attached hydrogens (tertiary/aromatic N) is 1. The van der Waals surface area contributed by atoms with Gasteiger partial charge in [-0.2, -0.15) is 0 Å². The van der Waals surface area contributed by atoms with Crippen LogP contribution in [0, 0.1) is 11.8 Å². The summed E-state index contributed by atoms with van der Waals surface area (Å²) in [5, 5.41) is 3.61. The van der Waals surface area contributed by atoms with Gasteiger partial charge in [0.1, 0.15) is 0 Å². The van der Waals surface area contributed by atoms with Gasteiger partial charge in [0, 0.05) is 6.04 Å². The van der Waals surface area contributed by atoms with Crippen molar-refractivity contribution in [2.24, 2.45) is 11.8 Å². The summed E-state index contributed by atoms with van der Waals surface area (Å²) in [5.41, 5.74) is 0. The van der Waals surface area contributed by atoms with E-state index >= 15 is 0 Å². The summed E-state index contributed by atoms with van der Waals surface area (Å²) in [6, 6.07) is 0.888. The van der Waals surface area contributed by atoms with Gasteiger partial charge in [-0.3, -0.25) is 0 Å². The maximum absolute atomic E-state index is 3.61. The number of rotatable bonds is 8. The first-order valence-corrected chi connectivity index (χ1v) is 8.71. The number of hydrogen-bond donors (Lipinski definition) is 1. The molecule has 0 aromatic heterocycles. The summed E-state index contributed by atoms with van der Waals surface area (Å²) < 4.78 is 0. The molecule has 0 aromatic rings. The SMILES string of the molecule is CC(C)C1CCCN(CCCCCNC2CC2)CC1. The van der Waals surface area contributed by atoms with E-state index in [2.05, 4.69) is 24.1 Å². The van der Waals surface area contributed by atoms with Gasteiger partial charge < -0.3 is 10.2 Å². The molecular weight excluding hydrogens is 232 g/mol. The summed E-state index contributed by atoms with van der Waals surface area (Å²) in [6.07, 6.45) is 11.3. The first-order chi connectivity index (χ1) is 9.25. The fraction of sp³-hybridized carbons (Fsp3) is 1.00. The normalized spacial score (nSPS) is 25.7. The fourth-order valence-electron chi connectivity index (χ4n) is 3.30. The Kier molecular flexibility index (Phi) is 6.66. The van der Waals surface area contributed by atoms with Crippen LogP contribution in [0.25, 0.3) is 0 Å². The van der Waals surface area contributed by atoms with Crippen molar-refractivity contribution in [2.75, 3.05) is 26.2 Å². The molecule has 2 aliphatic rings. The molecule has 1 saturated carbocycles. The van der Waals surface area contributed by atoms with Gasteiger partial charge in [0.15, 0.2) is 0 Å². The van der Waals surface area contributed by atoms with E-state index in [9.17, 15) is 0 Å². The van der Waals surface area contributed by atoms with Crippen LogP contribution in [0.5, 0.6) is 0 Å². The molecule has 112 valence electrons. The average molecular weight is 266 g/mol. The van der Waals surface area contributed by atoms with Crippen LogP contribution >= 0.6 is 0 Å². The molecule has 2 heteroatoms. The van der Waals surface area contributed by atoms with Crippen molar-refractivity contribution in [3.8, 4) is 0 Å². The van der Waals surface area contributed by atoms with Gasteiger partial charge in [-0.25, -0.2) is 0 Å². The number of hydrogen-bond acceptors (Lipinski definition) is 2. The maximum Gasteiger partial charge on any atom is 0.00682 e. The van der Waals surface area contributed by atoms with Crippen molar-refractivity contribution >= 4 is 0 Å². The van der Waals surface area contributed by atoms with Gasteiger partial charge in [0.25, 0.3) is 0 Å². The van der Waals surface area contributed by atoms with Crippen LogP contribution in [-0.2, 0) is 0 Å². The third-order valence-corrected chi connectivity index (χ3v) is 4.97. The van der Waals surface area contributed by atoms with Crippen LogP contribution in [0.1, 0.15) is 65.2 Å². The second kappa shape index (κ2) is 8.26. The second-order valence-corrected chi connectivity index (χ2v) is 7.07. The Morgan fingerprint density at radius 1 is 1.00 bits per heavy atom. The predicted octanol–water partition coefficient (Wildman–Crippen LogP) is 3.67. The van der Waals surface area contributed by atoms with Crippen LogP contribution in [0.4, 0.5) is 0 Å². The molecule has 0 amide bonds. The molecule has 1 aliphatic carbocycles. The van der Waals surface area contributed by atoms with Gasteiger partial charge in [0.05, 0.1) is 0 Å². The third-order valence-electron chi connectivity index (χ3n) is 4.97. The molecule has 2 nitrogen and oxygen atoms in total. The Labute approximate surface area is 120 Å². The minimum absolute atomic E-state index is 0.883. The van der Waals surface area contributed by atoms with E-state index in [1.165, 1.54) is 77.5 Å². The van der Waals surface area contributed by atoms with Crippen molar-refractivity contribution in [3.63, 3.8) is 0 Å². The maximum atomic E-state index is 3.61. The highest BCUT2D eigenvalue weighted by Gasteiger charge is 2.20. The molecule has 1 unspecified atom stereocenters. The van der Waals surface area contributed by atoms with Crippen LogP contribution in [0.3, 0.4) is 0 Å². The molecule has 2 rings (SSSR count). The molecule has 0 radical (unpaired) electrons. The summed E-state index contributed by atoms with van der Waals surface area (Å²) in [5.74, 6) is 1.86. The highest BCUT2D eigenvalue weighted by molar-refractivity contribution is 4.80. The summed E-state index contributed by atoms with van der Waals surface area (Å²) in [4.78, 5) is 2.72. The van der Waals surface area contributed by atoms with Crippen LogP contribution < -0.4 is 5.32 Å². The highest BCUT2D eigenvalue weighted by atomic mass is 15.1. The largest absolute Gasteiger partial charge is 0.314 e. The van der Waals surface area contributed by atoms with E-state index in [1.807, 2.05) is 0 Å². The quantitative estimate of drug-likeness (QED) is 0.674. The lowest BCUT2D eigenvalue weighted by atomic mass is 9.89. The Morgan fingerprint density at radius 3 is 2.58 bits per heavy atom. The van der Waals surface area contributed by atoms with Crippen molar-refractivity contribution < 1.29 is 0 Å². The smallest absolute Gasteiger partial charge is 0.00682 e.